The standard InChI is InChI=1S/C17H14F3N3/c1-11(12-7-3-2-4-8-12)21-15-13-9-5-6-10-14(13)22-16(23-15)17(18,19)20/h2-11H,1H3,(H,21,22,23)/t11-/m1/s1. The first kappa shape index (κ1) is 15.3. The summed E-state index contributed by atoms with van der Waals surface area (Å²) in [6.45, 7) is 1.87. The molecule has 0 radical (unpaired) electrons. The van der Waals surface area contributed by atoms with E-state index < -0.39 is 12.0 Å². The van der Waals surface area contributed by atoms with Crippen LogP contribution in [0.4, 0.5) is 19.0 Å². The van der Waals surface area contributed by atoms with E-state index >= 15 is 0 Å². The molecular formula is C17H14F3N3. The Morgan fingerprint density at radius 1 is 0.913 bits per heavy atom. The van der Waals surface area contributed by atoms with Gasteiger partial charge in [0.2, 0.25) is 5.82 Å². The van der Waals surface area contributed by atoms with Crippen LogP contribution in [0.1, 0.15) is 24.4 Å². The van der Waals surface area contributed by atoms with Gasteiger partial charge in [-0.25, -0.2) is 9.97 Å². The molecule has 0 unspecified atom stereocenters. The van der Waals surface area contributed by atoms with E-state index in [-0.39, 0.29) is 17.4 Å². The van der Waals surface area contributed by atoms with E-state index in [2.05, 4.69) is 15.3 Å². The Morgan fingerprint density at radius 2 is 1.57 bits per heavy atom. The van der Waals surface area contributed by atoms with E-state index in [9.17, 15) is 13.2 Å². The molecule has 0 aliphatic heterocycles. The first-order valence-corrected chi connectivity index (χ1v) is 7.10. The molecular weight excluding hydrogens is 303 g/mol. The van der Waals surface area contributed by atoms with Gasteiger partial charge in [0.1, 0.15) is 5.82 Å². The molecule has 3 aromatic rings. The normalized spacial score (nSPS) is 13.0. The minimum Gasteiger partial charge on any atom is -0.363 e. The zero-order valence-corrected chi connectivity index (χ0v) is 12.3. The van der Waals surface area contributed by atoms with Crippen molar-refractivity contribution in [3.05, 3.63) is 66.0 Å². The number of benzene rings is 2. The Balaban J connectivity index is 2.05. The largest absolute Gasteiger partial charge is 0.451 e. The van der Waals surface area contributed by atoms with Crippen LogP contribution >= 0.6 is 0 Å². The number of anilines is 1. The lowest BCUT2D eigenvalue weighted by Crippen LogP contribution is -2.15. The maximum absolute atomic E-state index is 13.0. The fourth-order valence-corrected chi connectivity index (χ4v) is 2.34. The Hall–Kier alpha value is -2.63. The van der Waals surface area contributed by atoms with Gasteiger partial charge in [0, 0.05) is 11.4 Å². The minimum absolute atomic E-state index is 0.180. The van der Waals surface area contributed by atoms with E-state index in [0.29, 0.717) is 5.39 Å². The van der Waals surface area contributed by atoms with Gasteiger partial charge in [0.15, 0.2) is 0 Å². The van der Waals surface area contributed by atoms with Crippen molar-refractivity contribution in [3.63, 3.8) is 0 Å². The van der Waals surface area contributed by atoms with E-state index in [4.69, 9.17) is 0 Å². The van der Waals surface area contributed by atoms with E-state index in [1.165, 1.54) is 0 Å². The Kier molecular flexibility index (Phi) is 3.90. The third-order valence-electron chi connectivity index (χ3n) is 3.51. The highest BCUT2D eigenvalue weighted by Crippen LogP contribution is 2.31. The molecule has 0 saturated heterocycles. The van der Waals surface area contributed by atoms with Crippen LogP contribution < -0.4 is 5.32 Å². The fourth-order valence-electron chi connectivity index (χ4n) is 2.34. The van der Waals surface area contributed by atoms with Gasteiger partial charge in [-0.15, -0.1) is 0 Å². The van der Waals surface area contributed by atoms with Gasteiger partial charge in [0.05, 0.1) is 5.52 Å². The van der Waals surface area contributed by atoms with Crippen LogP contribution in [0.5, 0.6) is 0 Å². The van der Waals surface area contributed by atoms with Crippen molar-refractivity contribution in [1.82, 2.24) is 9.97 Å². The highest BCUT2D eigenvalue weighted by atomic mass is 19.4. The van der Waals surface area contributed by atoms with E-state index in [1.807, 2.05) is 37.3 Å². The molecule has 2 aromatic carbocycles. The summed E-state index contributed by atoms with van der Waals surface area (Å²) in [6, 6.07) is 15.9. The number of halogens is 3. The molecule has 118 valence electrons. The minimum atomic E-state index is -4.59. The number of aromatic nitrogens is 2. The number of nitrogens with zero attached hydrogens (tertiary/aromatic N) is 2. The summed E-state index contributed by atoms with van der Waals surface area (Å²) in [6.07, 6.45) is -4.59. The Morgan fingerprint density at radius 3 is 2.26 bits per heavy atom. The number of hydrogen-bond acceptors (Lipinski definition) is 3. The van der Waals surface area contributed by atoms with Crippen molar-refractivity contribution in [3.8, 4) is 0 Å². The lowest BCUT2D eigenvalue weighted by atomic mass is 10.1. The number of rotatable bonds is 3. The molecule has 1 aromatic heterocycles. The molecule has 0 fully saturated rings. The predicted molar refractivity (Wildman–Crippen MR) is 83.0 cm³/mol. The van der Waals surface area contributed by atoms with Crippen molar-refractivity contribution < 1.29 is 13.2 Å². The van der Waals surface area contributed by atoms with Gasteiger partial charge in [-0.1, -0.05) is 42.5 Å². The molecule has 0 spiro atoms. The summed E-state index contributed by atoms with van der Waals surface area (Å²) in [7, 11) is 0. The van der Waals surface area contributed by atoms with Crippen molar-refractivity contribution in [2.75, 3.05) is 5.32 Å². The molecule has 6 heteroatoms. The van der Waals surface area contributed by atoms with Crippen LogP contribution in [-0.2, 0) is 6.18 Å². The van der Waals surface area contributed by atoms with Crippen molar-refractivity contribution in [2.24, 2.45) is 0 Å². The summed E-state index contributed by atoms with van der Waals surface area (Å²) in [5.41, 5.74) is 1.22. The van der Waals surface area contributed by atoms with Crippen molar-refractivity contribution in [1.29, 1.82) is 0 Å². The van der Waals surface area contributed by atoms with Gasteiger partial charge in [-0.3, -0.25) is 0 Å². The summed E-state index contributed by atoms with van der Waals surface area (Å²) >= 11 is 0. The highest BCUT2D eigenvalue weighted by Gasteiger charge is 2.35. The highest BCUT2D eigenvalue weighted by molar-refractivity contribution is 5.89. The molecule has 0 aliphatic carbocycles. The lowest BCUT2D eigenvalue weighted by molar-refractivity contribution is -0.144. The summed E-state index contributed by atoms with van der Waals surface area (Å²) in [5.74, 6) is -0.960. The average molecular weight is 317 g/mol. The van der Waals surface area contributed by atoms with Gasteiger partial charge < -0.3 is 5.32 Å². The van der Waals surface area contributed by atoms with Crippen LogP contribution in [0.3, 0.4) is 0 Å². The van der Waals surface area contributed by atoms with E-state index in [0.717, 1.165) is 5.56 Å². The zero-order valence-electron chi connectivity index (χ0n) is 12.3. The SMILES string of the molecule is C[C@@H](Nc1nc(C(F)(F)F)nc2ccccc12)c1ccccc1. The number of fused-ring (bicyclic) bond motifs is 1. The van der Waals surface area contributed by atoms with Crippen LogP contribution in [0, 0.1) is 0 Å². The van der Waals surface area contributed by atoms with Crippen LogP contribution in [0.15, 0.2) is 54.6 Å². The third kappa shape index (κ3) is 3.26. The molecule has 0 saturated carbocycles. The Bertz CT molecular complexity index is 816. The molecule has 23 heavy (non-hydrogen) atoms. The van der Waals surface area contributed by atoms with E-state index in [1.54, 1.807) is 24.3 Å². The van der Waals surface area contributed by atoms with Gasteiger partial charge in [0.25, 0.3) is 0 Å². The zero-order chi connectivity index (χ0) is 16.4. The summed E-state index contributed by atoms with van der Waals surface area (Å²) in [4.78, 5) is 7.30. The molecule has 0 amide bonds. The first-order chi connectivity index (χ1) is 10.9. The summed E-state index contributed by atoms with van der Waals surface area (Å²) in [5, 5.41) is 3.62. The van der Waals surface area contributed by atoms with Gasteiger partial charge in [-0.2, -0.15) is 13.2 Å². The van der Waals surface area contributed by atoms with Gasteiger partial charge >= 0.3 is 6.18 Å². The molecule has 3 rings (SSSR count). The first-order valence-electron chi connectivity index (χ1n) is 7.10. The second-order valence-corrected chi connectivity index (χ2v) is 5.19. The average Bonchev–Trinajstić information content (AvgIpc) is 2.54. The number of nitrogens with one attached hydrogen (secondary N) is 1. The maximum atomic E-state index is 13.0. The molecule has 1 heterocycles. The molecule has 0 aliphatic rings. The second-order valence-electron chi connectivity index (χ2n) is 5.19. The second kappa shape index (κ2) is 5.87. The molecule has 0 bridgehead atoms. The third-order valence-corrected chi connectivity index (χ3v) is 3.51. The smallest absolute Gasteiger partial charge is 0.363 e. The lowest BCUT2D eigenvalue weighted by Gasteiger charge is -2.17. The predicted octanol–water partition coefficient (Wildman–Crippen LogP) is 4.82. The van der Waals surface area contributed by atoms with Gasteiger partial charge in [-0.05, 0) is 24.6 Å². The fraction of sp³-hybridized carbons (Fsp3) is 0.176. The number of hydrogen-bond donors (Lipinski definition) is 1. The molecule has 1 N–H and O–H groups in total. The molecule has 1 atom stereocenters. The Labute approximate surface area is 131 Å². The van der Waals surface area contributed by atoms with Crippen LogP contribution in [0.2, 0.25) is 0 Å². The topological polar surface area (TPSA) is 37.8 Å². The molecule has 3 nitrogen and oxygen atoms in total. The van der Waals surface area contributed by atoms with Crippen LogP contribution in [-0.4, -0.2) is 9.97 Å². The quantitative estimate of drug-likeness (QED) is 0.752. The van der Waals surface area contributed by atoms with Crippen molar-refractivity contribution in [2.45, 2.75) is 19.1 Å². The monoisotopic (exact) mass is 317 g/mol. The number of alkyl halides is 3. The summed E-state index contributed by atoms with van der Waals surface area (Å²) < 4.78 is 39.0. The van der Waals surface area contributed by atoms with Crippen molar-refractivity contribution >= 4 is 16.7 Å². The number of para-hydroxylation sites is 1. The van der Waals surface area contributed by atoms with Crippen LogP contribution in [0.25, 0.3) is 10.9 Å². The maximum Gasteiger partial charge on any atom is 0.451 e.